The Hall–Kier alpha value is -7.68. The number of rotatable bonds is 9. The molecule has 0 bridgehead atoms. The average molecular weight is 741 g/mol. The monoisotopic (exact) mass is 740 g/mol. The summed E-state index contributed by atoms with van der Waals surface area (Å²) in [4.78, 5) is 2.37. The van der Waals surface area contributed by atoms with Crippen molar-refractivity contribution in [3.8, 4) is 44.5 Å². The van der Waals surface area contributed by atoms with Crippen molar-refractivity contribution in [2.75, 3.05) is 10.2 Å². The molecule has 0 atom stereocenters. The molecule has 0 saturated carbocycles. The van der Waals surface area contributed by atoms with Crippen molar-refractivity contribution in [2.24, 2.45) is 0 Å². The van der Waals surface area contributed by atoms with Crippen LogP contribution in [0.4, 0.5) is 28.4 Å². The summed E-state index contributed by atoms with van der Waals surface area (Å²) in [5.41, 5.74) is 14.9. The molecule has 274 valence electrons. The highest BCUT2D eigenvalue weighted by molar-refractivity contribution is 6.02. The molecule has 0 heterocycles. The molecule has 10 rings (SSSR count). The van der Waals surface area contributed by atoms with Gasteiger partial charge in [-0.1, -0.05) is 182 Å². The molecule has 0 spiro atoms. The Morgan fingerprint density at radius 2 is 0.741 bits per heavy atom. The maximum absolute atomic E-state index is 3.78. The zero-order valence-electron chi connectivity index (χ0n) is 32.0. The molecule has 0 amide bonds. The Balaban J connectivity index is 1.04. The number of nitrogens with zero attached hydrogens (tertiary/aromatic N) is 1. The molecule has 0 aromatic heterocycles. The van der Waals surface area contributed by atoms with Crippen LogP contribution in [0.25, 0.3) is 66.1 Å². The molecule has 2 nitrogen and oxygen atoms in total. The normalized spacial score (nSPS) is 11.1. The van der Waals surface area contributed by atoms with Crippen LogP contribution in [-0.2, 0) is 0 Å². The second-order valence-electron chi connectivity index (χ2n) is 14.6. The van der Waals surface area contributed by atoms with E-state index in [9.17, 15) is 0 Å². The summed E-state index contributed by atoms with van der Waals surface area (Å²) in [5, 5.41) is 8.64. The van der Waals surface area contributed by atoms with E-state index in [0.717, 1.165) is 45.1 Å². The number of fused-ring (bicyclic) bond motifs is 2. The fraction of sp³-hybridized carbons (Fsp3) is 0. The third-order valence-corrected chi connectivity index (χ3v) is 11.1. The summed E-state index contributed by atoms with van der Waals surface area (Å²) in [6.07, 6.45) is 0. The maximum atomic E-state index is 3.78. The first-order valence-electron chi connectivity index (χ1n) is 19.8. The number of hydrogen-bond donors (Lipinski definition) is 1. The van der Waals surface area contributed by atoms with E-state index in [4.69, 9.17) is 0 Å². The zero-order chi connectivity index (χ0) is 38.7. The fourth-order valence-corrected chi connectivity index (χ4v) is 8.12. The van der Waals surface area contributed by atoms with Gasteiger partial charge in [0.15, 0.2) is 0 Å². The molecule has 0 saturated heterocycles. The number of benzene rings is 10. The Morgan fingerprint density at radius 1 is 0.293 bits per heavy atom. The Bertz CT molecular complexity index is 2980. The molecule has 0 aliphatic carbocycles. The van der Waals surface area contributed by atoms with Crippen molar-refractivity contribution in [1.82, 2.24) is 0 Å². The minimum absolute atomic E-state index is 1.04. The van der Waals surface area contributed by atoms with E-state index in [-0.39, 0.29) is 0 Å². The van der Waals surface area contributed by atoms with Crippen molar-refractivity contribution < 1.29 is 0 Å². The van der Waals surface area contributed by atoms with Gasteiger partial charge in [-0.3, -0.25) is 0 Å². The number of anilines is 5. The van der Waals surface area contributed by atoms with Gasteiger partial charge in [-0.25, -0.2) is 0 Å². The summed E-state index contributed by atoms with van der Waals surface area (Å²) in [6, 6.07) is 84.9. The molecule has 2 heteroatoms. The summed E-state index contributed by atoms with van der Waals surface area (Å²) in [7, 11) is 0. The highest BCUT2D eigenvalue weighted by Gasteiger charge is 2.17. The summed E-state index contributed by atoms with van der Waals surface area (Å²) in [6.45, 7) is 0. The standard InChI is InChI=1S/C56H40N2/c1-3-13-40(14-4-1)42-25-32-48(33-26-42)57-55-38-31-47(39-54(55)53-23-11-19-45-17-7-9-21-51(45)53)44-29-36-50(37-30-44)58(56-24-12-20-46-18-8-10-22-52(46)56)49-34-27-43(28-35-49)41-15-5-2-6-16-41/h1-39,57H. The van der Waals surface area contributed by atoms with Gasteiger partial charge in [0.25, 0.3) is 0 Å². The van der Waals surface area contributed by atoms with Gasteiger partial charge in [-0.2, -0.15) is 0 Å². The Kier molecular flexibility index (Phi) is 9.27. The SMILES string of the molecule is c1ccc(-c2ccc(Nc3ccc(-c4ccc(N(c5ccc(-c6ccccc6)cc5)c5cccc6ccccc56)cc4)cc3-c3cccc4ccccc34)cc2)cc1. The molecule has 58 heavy (non-hydrogen) atoms. The van der Waals surface area contributed by atoms with Crippen LogP contribution in [0.5, 0.6) is 0 Å². The van der Waals surface area contributed by atoms with Crippen molar-refractivity contribution in [2.45, 2.75) is 0 Å². The van der Waals surface area contributed by atoms with Crippen LogP contribution >= 0.6 is 0 Å². The van der Waals surface area contributed by atoms with Crippen molar-refractivity contribution in [1.29, 1.82) is 0 Å². The van der Waals surface area contributed by atoms with Crippen molar-refractivity contribution in [3.05, 3.63) is 237 Å². The average Bonchev–Trinajstić information content (AvgIpc) is 3.30. The predicted octanol–water partition coefficient (Wildman–Crippen LogP) is 15.9. The lowest BCUT2D eigenvalue weighted by Gasteiger charge is -2.27. The van der Waals surface area contributed by atoms with E-state index >= 15 is 0 Å². The first-order valence-corrected chi connectivity index (χ1v) is 19.8. The van der Waals surface area contributed by atoms with Gasteiger partial charge in [0.05, 0.1) is 5.69 Å². The van der Waals surface area contributed by atoms with Gasteiger partial charge in [0.2, 0.25) is 0 Å². The lowest BCUT2D eigenvalue weighted by molar-refractivity contribution is 1.30. The highest BCUT2D eigenvalue weighted by atomic mass is 15.1. The van der Waals surface area contributed by atoms with Crippen LogP contribution in [-0.4, -0.2) is 0 Å². The van der Waals surface area contributed by atoms with E-state index < -0.39 is 0 Å². The van der Waals surface area contributed by atoms with Gasteiger partial charge < -0.3 is 10.2 Å². The molecular weight excluding hydrogens is 701 g/mol. The van der Waals surface area contributed by atoms with Crippen molar-refractivity contribution >= 4 is 50.0 Å². The molecule has 0 aliphatic rings. The maximum Gasteiger partial charge on any atom is 0.0540 e. The minimum atomic E-state index is 1.04. The van der Waals surface area contributed by atoms with Gasteiger partial charge in [0.1, 0.15) is 0 Å². The molecule has 10 aromatic rings. The van der Waals surface area contributed by atoms with Crippen LogP contribution in [0.3, 0.4) is 0 Å². The Morgan fingerprint density at radius 3 is 1.36 bits per heavy atom. The second-order valence-corrected chi connectivity index (χ2v) is 14.6. The molecule has 1 N–H and O–H groups in total. The molecule has 0 unspecified atom stereocenters. The lowest BCUT2D eigenvalue weighted by atomic mass is 9.93. The van der Waals surface area contributed by atoms with Gasteiger partial charge >= 0.3 is 0 Å². The fourth-order valence-electron chi connectivity index (χ4n) is 8.12. The predicted molar refractivity (Wildman–Crippen MR) is 248 cm³/mol. The van der Waals surface area contributed by atoms with Gasteiger partial charge in [-0.05, 0) is 110 Å². The van der Waals surface area contributed by atoms with E-state index in [1.807, 2.05) is 0 Å². The van der Waals surface area contributed by atoms with E-state index in [1.54, 1.807) is 0 Å². The lowest BCUT2D eigenvalue weighted by Crippen LogP contribution is -2.10. The second kappa shape index (κ2) is 15.5. The quantitative estimate of drug-likeness (QED) is 0.159. The van der Waals surface area contributed by atoms with Crippen molar-refractivity contribution in [3.63, 3.8) is 0 Å². The van der Waals surface area contributed by atoms with E-state index in [2.05, 4.69) is 247 Å². The summed E-state index contributed by atoms with van der Waals surface area (Å²) in [5.74, 6) is 0. The molecule has 0 radical (unpaired) electrons. The van der Waals surface area contributed by atoms with Crippen LogP contribution in [0.15, 0.2) is 237 Å². The molecule has 10 aromatic carbocycles. The third kappa shape index (κ3) is 6.89. The number of hydrogen-bond acceptors (Lipinski definition) is 2. The number of nitrogens with one attached hydrogen (secondary N) is 1. The minimum Gasteiger partial charge on any atom is -0.355 e. The highest BCUT2D eigenvalue weighted by Crippen LogP contribution is 2.42. The van der Waals surface area contributed by atoms with Crippen LogP contribution in [0.2, 0.25) is 0 Å². The van der Waals surface area contributed by atoms with Crippen LogP contribution in [0, 0.1) is 0 Å². The molecular formula is C56H40N2. The van der Waals surface area contributed by atoms with Crippen LogP contribution in [0.1, 0.15) is 0 Å². The smallest absolute Gasteiger partial charge is 0.0540 e. The van der Waals surface area contributed by atoms with Gasteiger partial charge in [-0.15, -0.1) is 0 Å². The zero-order valence-corrected chi connectivity index (χ0v) is 32.0. The third-order valence-electron chi connectivity index (χ3n) is 11.1. The van der Waals surface area contributed by atoms with Crippen LogP contribution < -0.4 is 10.2 Å². The summed E-state index contributed by atoms with van der Waals surface area (Å²) < 4.78 is 0. The Labute approximate surface area is 340 Å². The van der Waals surface area contributed by atoms with E-state index in [1.165, 1.54) is 49.4 Å². The largest absolute Gasteiger partial charge is 0.355 e. The molecule has 0 aliphatic heterocycles. The summed E-state index contributed by atoms with van der Waals surface area (Å²) >= 11 is 0. The first kappa shape index (κ1) is 34.8. The molecule has 0 fully saturated rings. The first-order chi connectivity index (χ1) is 28.7. The van der Waals surface area contributed by atoms with Gasteiger partial charge in [0, 0.05) is 33.7 Å². The topological polar surface area (TPSA) is 15.3 Å². The van der Waals surface area contributed by atoms with E-state index in [0.29, 0.717) is 0 Å².